The van der Waals surface area contributed by atoms with Gasteiger partial charge in [0.1, 0.15) is 17.7 Å². The normalized spacial score (nSPS) is 10.4. The Hall–Kier alpha value is -3.50. The van der Waals surface area contributed by atoms with Crippen LogP contribution in [-0.4, -0.2) is 38.2 Å². The van der Waals surface area contributed by atoms with Gasteiger partial charge in [0.25, 0.3) is 11.6 Å². The number of nitrogens with one attached hydrogen (secondary N) is 1. The Bertz CT molecular complexity index is 1090. The molecule has 1 amide bonds. The third-order valence-corrected chi connectivity index (χ3v) is 4.17. The number of halogens is 2. The fourth-order valence-corrected chi connectivity index (χ4v) is 2.68. The second-order valence-electron chi connectivity index (χ2n) is 5.55. The van der Waals surface area contributed by atoms with Crippen molar-refractivity contribution in [1.82, 2.24) is 14.8 Å². The molecule has 0 radical (unpaired) electrons. The van der Waals surface area contributed by atoms with E-state index in [0.717, 1.165) is 6.07 Å². The van der Waals surface area contributed by atoms with Gasteiger partial charge >= 0.3 is 5.97 Å². The molecule has 29 heavy (non-hydrogen) atoms. The van der Waals surface area contributed by atoms with Gasteiger partial charge in [-0.2, -0.15) is 5.10 Å². The Balaban J connectivity index is 1.68. The number of aromatic nitrogens is 3. The lowest BCUT2D eigenvalue weighted by molar-refractivity contribution is -0.384. The summed E-state index contributed by atoms with van der Waals surface area (Å²) in [6.07, 6.45) is 2.76. The molecule has 0 saturated heterocycles. The van der Waals surface area contributed by atoms with Crippen molar-refractivity contribution >= 4 is 46.5 Å². The third kappa shape index (κ3) is 4.86. The molecule has 148 valence electrons. The molecule has 0 unspecified atom stereocenters. The molecule has 0 aliphatic heterocycles. The lowest BCUT2D eigenvalue weighted by Crippen LogP contribution is -2.21. The average molecular weight is 436 g/mol. The summed E-state index contributed by atoms with van der Waals surface area (Å²) in [6, 6.07) is 8.18. The fourth-order valence-electron chi connectivity index (χ4n) is 2.32. The van der Waals surface area contributed by atoms with Crippen molar-refractivity contribution in [2.75, 3.05) is 11.9 Å². The highest BCUT2D eigenvalue weighted by Gasteiger charge is 2.18. The Kier molecular flexibility index (Phi) is 6.05. The smallest absolute Gasteiger partial charge is 0.338 e. The molecule has 10 nitrogen and oxygen atoms in total. The summed E-state index contributed by atoms with van der Waals surface area (Å²) in [5.41, 5.74) is 0.271. The predicted molar refractivity (Wildman–Crippen MR) is 103 cm³/mol. The molecule has 0 fully saturated rings. The number of carbonyl (C=O) groups excluding carboxylic acids is 2. The number of hydrogen-bond donors (Lipinski definition) is 1. The number of esters is 1. The first kappa shape index (κ1) is 20.2. The molecule has 1 aromatic heterocycles. The quantitative estimate of drug-likeness (QED) is 0.357. The summed E-state index contributed by atoms with van der Waals surface area (Å²) >= 11 is 11.7. The zero-order valence-electron chi connectivity index (χ0n) is 14.4. The largest absolute Gasteiger partial charge is 0.452 e. The minimum atomic E-state index is -0.914. The number of ether oxygens (including phenoxy) is 1. The molecule has 3 aromatic rings. The highest BCUT2D eigenvalue weighted by molar-refractivity contribution is 6.32. The van der Waals surface area contributed by atoms with E-state index in [4.69, 9.17) is 27.9 Å². The number of benzene rings is 2. The van der Waals surface area contributed by atoms with Gasteiger partial charge in [-0.15, -0.1) is 0 Å². The lowest BCUT2D eigenvalue weighted by atomic mass is 10.2. The molecule has 2 aromatic carbocycles. The van der Waals surface area contributed by atoms with Crippen molar-refractivity contribution in [2.24, 2.45) is 0 Å². The first-order valence-corrected chi connectivity index (χ1v) is 8.66. The van der Waals surface area contributed by atoms with Gasteiger partial charge < -0.3 is 10.1 Å². The van der Waals surface area contributed by atoms with Gasteiger partial charge in [0.05, 0.1) is 21.9 Å². The second kappa shape index (κ2) is 8.67. The van der Waals surface area contributed by atoms with Crippen LogP contribution >= 0.6 is 23.2 Å². The minimum absolute atomic E-state index is 0.111. The van der Waals surface area contributed by atoms with Crippen LogP contribution in [0.5, 0.6) is 0 Å². The van der Waals surface area contributed by atoms with Crippen molar-refractivity contribution < 1.29 is 19.2 Å². The Morgan fingerprint density at radius 3 is 2.69 bits per heavy atom. The first-order valence-electron chi connectivity index (χ1n) is 7.90. The second-order valence-corrected chi connectivity index (χ2v) is 6.39. The van der Waals surface area contributed by atoms with E-state index in [1.807, 2.05) is 0 Å². The number of nitrogens with zero attached hydrogens (tertiary/aromatic N) is 4. The fraction of sp³-hybridized carbons (Fsp3) is 0.0588. The summed E-state index contributed by atoms with van der Waals surface area (Å²) < 4.78 is 6.33. The van der Waals surface area contributed by atoms with Crippen LogP contribution in [0.2, 0.25) is 10.0 Å². The van der Waals surface area contributed by atoms with E-state index in [2.05, 4.69) is 15.4 Å². The molecule has 3 rings (SSSR count). The maximum absolute atomic E-state index is 12.2. The number of carbonyl (C=O) groups is 2. The molecular formula is C17H11Cl2N5O5. The zero-order chi connectivity index (χ0) is 21.0. The van der Waals surface area contributed by atoms with E-state index < -0.39 is 29.1 Å². The van der Waals surface area contributed by atoms with Crippen LogP contribution in [0.4, 0.5) is 11.4 Å². The number of nitro benzene ring substituents is 1. The lowest BCUT2D eigenvalue weighted by Gasteiger charge is -2.11. The van der Waals surface area contributed by atoms with Crippen LogP contribution in [0.1, 0.15) is 10.4 Å². The standard InChI is InChI=1S/C17H11Cl2N5O5/c18-11-2-4-14(23-9-20-8-21-23)13(6-11)22-16(25)7-29-17(26)10-1-3-12(19)15(5-10)24(27)28/h1-6,8-9H,7H2,(H,22,25). The SMILES string of the molecule is O=C(COC(=O)c1ccc(Cl)c([N+](=O)[O-])c1)Nc1cc(Cl)ccc1-n1cncn1. The van der Waals surface area contributed by atoms with Crippen LogP contribution in [0.25, 0.3) is 5.69 Å². The summed E-state index contributed by atoms with van der Waals surface area (Å²) in [7, 11) is 0. The van der Waals surface area contributed by atoms with Crippen molar-refractivity contribution in [3.05, 3.63) is 74.8 Å². The Morgan fingerprint density at radius 1 is 1.21 bits per heavy atom. The molecule has 1 N–H and O–H groups in total. The summed E-state index contributed by atoms with van der Waals surface area (Å²) in [4.78, 5) is 38.3. The molecule has 0 bridgehead atoms. The van der Waals surface area contributed by atoms with Crippen LogP contribution < -0.4 is 5.32 Å². The molecule has 0 aliphatic carbocycles. The van der Waals surface area contributed by atoms with Crippen molar-refractivity contribution in [1.29, 1.82) is 0 Å². The van der Waals surface area contributed by atoms with E-state index in [9.17, 15) is 19.7 Å². The summed E-state index contributed by atoms with van der Waals surface area (Å²) in [5, 5.41) is 17.7. The van der Waals surface area contributed by atoms with Crippen LogP contribution in [0, 0.1) is 10.1 Å². The molecule has 0 spiro atoms. The number of anilines is 1. The van der Waals surface area contributed by atoms with E-state index in [1.54, 1.807) is 12.1 Å². The maximum Gasteiger partial charge on any atom is 0.338 e. The number of nitro groups is 1. The highest BCUT2D eigenvalue weighted by atomic mass is 35.5. The van der Waals surface area contributed by atoms with Gasteiger partial charge in [-0.1, -0.05) is 23.2 Å². The topological polar surface area (TPSA) is 129 Å². The van der Waals surface area contributed by atoms with E-state index in [-0.39, 0.29) is 10.6 Å². The van der Waals surface area contributed by atoms with Gasteiger partial charge in [-0.05, 0) is 30.3 Å². The summed E-state index contributed by atoms with van der Waals surface area (Å²) in [5.74, 6) is -1.56. The van der Waals surface area contributed by atoms with Gasteiger partial charge in [-0.25, -0.2) is 14.5 Å². The van der Waals surface area contributed by atoms with Crippen LogP contribution in [-0.2, 0) is 9.53 Å². The number of rotatable bonds is 6. The predicted octanol–water partition coefficient (Wildman–Crippen LogP) is 3.28. The van der Waals surface area contributed by atoms with E-state index in [0.29, 0.717) is 16.4 Å². The van der Waals surface area contributed by atoms with Crippen LogP contribution in [0.3, 0.4) is 0 Å². The van der Waals surface area contributed by atoms with Crippen molar-refractivity contribution in [3.8, 4) is 5.69 Å². The monoisotopic (exact) mass is 435 g/mol. The third-order valence-electron chi connectivity index (χ3n) is 3.61. The summed E-state index contributed by atoms with van der Waals surface area (Å²) in [6.45, 7) is -0.626. The molecule has 1 heterocycles. The van der Waals surface area contributed by atoms with Gasteiger partial charge in [0.15, 0.2) is 6.61 Å². The molecule has 12 heteroatoms. The highest BCUT2D eigenvalue weighted by Crippen LogP contribution is 2.26. The molecule has 0 atom stereocenters. The number of hydrogen-bond acceptors (Lipinski definition) is 7. The molecule has 0 saturated carbocycles. The zero-order valence-corrected chi connectivity index (χ0v) is 15.9. The molecular weight excluding hydrogens is 425 g/mol. The van der Waals surface area contributed by atoms with Gasteiger partial charge in [-0.3, -0.25) is 14.9 Å². The number of amides is 1. The Labute approximate surface area is 173 Å². The maximum atomic E-state index is 12.2. The van der Waals surface area contributed by atoms with E-state index in [1.165, 1.54) is 35.5 Å². The Morgan fingerprint density at radius 2 is 2.00 bits per heavy atom. The first-order chi connectivity index (χ1) is 13.8. The van der Waals surface area contributed by atoms with Gasteiger partial charge in [0.2, 0.25) is 0 Å². The van der Waals surface area contributed by atoms with Crippen molar-refractivity contribution in [2.45, 2.75) is 0 Å². The molecule has 0 aliphatic rings. The van der Waals surface area contributed by atoms with Crippen LogP contribution in [0.15, 0.2) is 49.1 Å². The average Bonchev–Trinajstić information content (AvgIpc) is 3.21. The van der Waals surface area contributed by atoms with E-state index >= 15 is 0 Å². The van der Waals surface area contributed by atoms with Gasteiger partial charge in [0, 0.05) is 11.1 Å². The minimum Gasteiger partial charge on any atom is -0.452 e. The van der Waals surface area contributed by atoms with Crippen molar-refractivity contribution in [3.63, 3.8) is 0 Å².